The molecule has 2 aromatic heterocycles. The molecule has 0 atom stereocenters. The van der Waals surface area contributed by atoms with E-state index in [1.807, 2.05) is 117 Å². The van der Waals surface area contributed by atoms with Crippen molar-refractivity contribution in [1.29, 1.82) is 0 Å². The summed E-state index contributed by atoms with van der Waals surface area (Å²) < 4.78 is 17.5. The number of unbranched alkanes of at least 4 members (excludes halogenated alkanes) is 1. The Morgan fingerprint density at radius 2 is 0.540 bits per heavy atom. The van der Waals surface area contributed by atoms with Crippen LogP contribution in [0.3, 0.4) is 0 Å². The summed E-state index contributed by atoms with van der Waals surface area (Å²) in [6.45, 7) is 27.6. The molecule has 35 heteroatoms. The fraction of sp³-hybridized carbons (Fsp3) is 0.868. The van der Waals surface area contributed by atoms with Gasteiger partial charge >= 0.3 is 0 Å². The van der Waals surface area contributed by atoms with Gasteiger partial charge in [-0.05, 0) is 314 Å². The third-order valence-corrected chi connectivity index (χ3v) is 24.1. The van der Waals surface area contributed by atoms with Gasteiger partial charge in [-0.15, -0.1) is 0 Å². The molecule has 19 N–H and O–H groups in total. The van der Waals surface area contributed by atoms with E-state index in [2.05, 4.69) is 199 Å². The van der Waals surface area contributed by atoms with Gasteiger partial charge in [0.25, 0.3) is 0 Å². The summed E-state index contributed by atoms with van der Waals surface area (Å²) in [5, 5.41) is 61.7. The molecule has 5 aliphatic rings. The quantitative estimate of drug-likeness (QED) is 0.0361. The molecule has 5 fully saturated rings. The lowest BCUT2D eigenvalue weighted by Crippen LogP contribution is -2.48. The van der Waals surface area contributed by atoms with E-state index in [0.29, 0.717) is 62.0 Å². The van der Waals surface area contributed by atoms with Crippen LogP contribution in [0.4, 0.5) is 35.7 Å². The number of hydrogen-bond acceptors (Lipinski definition) is 35. The lowest BCUT2D eigenvalue weighted by molar-refractivity contribution is 0.273. The summed E-state index contributed by atoms with van der Waals surface area (Å²) in [6, 6.07) is 11.2. The summed E-state index contributed by atoms with van der Waals surface area (Å²) in [7, 11) is 44.3. The van der Waals surface area contributed by atoms with E-state index < -0.39 is 0 Å². The van der Waals surface area contributed by atoms with Gasteiger partial charge in [0.15, 0.2) is 0 Å². The van der Waals surface area contributed by atoms with Crippen LogP contribution in [0.25, 0.3) is 0 Å². The van der Waals surface area contributed by atoms with Gasteiger partial charge in [-0.25, -0.2) is 0 Å². The smallest absolute Gasteiger partial charge is 0.231 e. The molecular formula is C91H194N32O3. The number of piperidine rings is 3. The van der Waals surface area contributed by atoms with Crippen molar-refractivity contribution in [3.05, 3.63) is 18.2 Å². The fourth-order valence-electron chi connectivity index (χ4n) is 15.7. The van der Waals surface area contributed by atoms with Crippen molar-refractivity contribution in [3.8, 4) is 17.2 Å². The first-order valence-corrected chi connectivity index (χ1v) is 48.5. The van der Waals surface area contributed by atoms with Crippen LogP contribution < -0.4 is 145 Å². The maximum atomic E-state index is 5.82. The van der Waals surface area contributed by atoms with Crippen molar-refractivity contribution in [3.63, 3.8) is 0 Å². The Labute approximate surface area is 768 Å². The average Bonchev–Trinajstić information content (AvgIpc) is 0.799. The van der Waals surface area contributed by atoms with Crippen LogP contribution in [-0.2, 0) is 0 Å². The van der Waals surface area contributed by atoms with E-state index in [0.717, 1.165) is 286 Å². The third-order valence-electron chi connectivity index (χ3n) is 24.1. The zero-order valence-corrected chi connectivity index (χ0v) is 84.2. The Morgan fingerprint density at radius 1 is 0.294 bits per heavy atom. The van der Waals surface area contributed by atoms with Crippen molar-refractivity contribution in [1.82, 2.24) is 136 Å². The van der Waals surface area contributed by atoms with Crippen molar-refractivity contribution in [2.45, 2.75) is 190 Å². The predicted octanol–water partition coefficient (Wildman–Crippen LogP) is 2.56. The number of ether oxygens (including phenoxy) is 3. The molecule has 126 heavy (non-hydrogen) atoms. The minimum Gasteiger partial charge on any atom is -0.493 e. The Bertz CT molecular complexity index is 2600. The molecule has 1 aromatic carbocycles. The fourth-order valence-corrected chi connectivity index (χ4v) is 15.7. The summed E-state index contributed by atoms with van der Waals surface area (Å²) in [4.78, 5) is 44.9. The Kier molecular flexibility index (Phi) is 71.6. The molecule has 3 saturated heterocycles. The number of likely N-dealkylation sites (N-methyl/N-ethyl adjacent to an activating group) is 2. The van der Waals surface area contributed by atoms with E-state index in [1.165, 1.54) is 64.3 Å². The van der Waals surface area contributed by atoms with Gasteiger partial charge in [-0.3, -0.25) is 0 Å². The highest BCUT2D eigenvalue weighted by Crippen LogP contribution is 2.30. The second kappa shape index (κ2) is 77.3. The number of nitrogens with one attached hydrogen (secondary N) is 19. The second-order valence-electron chi connectivity index (χ2n) is 34.0. The summed E-state index contributed by atoms with van der Waals surface area (Å²) in [5.41, 5.74) is 0. The van der Waals surface area contributed by atoms with Crippen molar-refractivity contribution < 1.29 is 14.2 Å². The highest BCUT2D eigenvalue weighted by molar-refractivity contribution is 5.48. The lowest BCUT2D eigenvalue weighted by Gasteiger charge is -2.36. The van der Waals surface area contributed by atoms with Gasteiger partial charge in [0.2, 0.25) is 35.7 Å². The normalized spacial score (nSPS) is 18.0. The molecule has 3 aliphatic heterocycles. The molecule has 0 bridgehead atoms. The SMILES string of the molecule is CCCCN(CCNC)CCNC.CNC1CC(NC)CC(NC)C1.CNC1CCC(NC)CC1.CNC1CCN(c2nc(N3CCC(NC)CC3)nc(N3CCC(NC)CC3)n2)CC1.CNCC(CNC)CNC.CNCCCN(C)c1nc(N(C)CCCNC)nc(N(C)CCCNC)n1.CNCCCOc1cc(OCCCNC)cc(OCCCNC)c1. The second-order valence-corrected chi connectivity index (χ2v) is 34.0. The molecule has 2 saturated carbocycles. The monoisotopic (exact) mass is 1780 g/mol. The molecular weight excluding hydrogens is 1590 g/mol. The predicted molar refractivity (Wildman–Crippen MR) is 538 cm³/mol. The van der Waals surface area contributed by atoms with E-state index in [1.54, 1.807) is 0 Å². The van der Waals surface area contributed by atoms with Crippen molar-refractivity contribution in [2.75, 3.05) is 355 Å². The lowest BCUT2D eigenvalue weighted by atomic mass is 9.87. The highest BCUT2D eigenvalue weighted by Gasteiger charge is 2.30. The number of benzene rings is 1. The van der Waals surface area contributed by atoms with Gasteiger partial charge in [-0.1, -0.05) is 13.3 Å². The average molecular weight is 1780 g/mol. The molecule has 3 aromatic rings. The first-order valence-electron chi connectivity index (χ1n) is 48.5. The Balaban J connectivity index is 0.000000519. The topological polar surface area (TPSA) is 356 Å². The van der Waals surface area contributed by atoms with Crippen molar-refractivity contribution in [2.24, 2.45) is 5.92 Å². The summed E-state index contributed by atoms with van der Waals surface area (Å²) in [5.74, 6) is 7.83. The molecule has 5 heterocycles. The van der Waals surface area contributed by atoms with E-state index in [4.69, 9.17) is 44.1 Å². The standard InChI is InChI=1S/C21H39N9.C18H39N9.C18H33N3O3.C10H25N3.C9H21N3.C8H18N2.C7H19N3/c1-22-16-4-10-28(11-5-16)19-25-20(29-12-6-17(23-2)7-13-29)27-21(26-19)30-14-8-18(24-3)9-15-30;1-19-10-7-13-25(4)16-22-17(26(5)14-8-11-20-2)24-18(23-16)27(6)15-9-12-21-3;1-19-7-4-10-22-16-13-17(23-11-5-8-20-2)15-18(14-16)24-12-6-9-21-3;1-4-5-8-13(9-6-11-2)10-7-12-3;1-10-7-4-8(11-2)6-9(5-7)12-3;1-9-7-3-5-8(10-2)6-4-7;1-8-4-7(5-9-2)6-10-3/h16-18,22-24H,4-15H2,1-3H3;19-21H,7-15H2,1-6H3;13-15,19-21H,4-12H2,1-3H3;11-12H,4-10H2,1-3H3;7-12H,4-6H2,1-3H3;7-10H,3-6H2,1-2H3;7-10H,4-6H2,1-3H3. The van der Waals surface area contributed by atoms with Crippen LogP contribution in [0.1, 0.15) is 142 Å². The van der Waals surface area contributed by atoms with Crippen LogP contribution in [0.2, 0.25) is 0 Å². The molecule has 0 unspecified atom stereocenters. The molecule has 0 radical (unpaired) electrons. The summed E-state index contributed by atoms with van der Waals surface area (Å²) >= 11 is 0. The van der Waals surface area contributed by atoms with Crippen LogP contribution in [0.5, 0.6) is 17.2 Å². The maximum Gasteiger partial charge on any atom is 0.231 e. The van der Waals surface area contributed by atoms with Gasteiger partial charge in [0, 0.05) is 192 Å². The first kappa shape index (κ1) is 117. The highest BCUT2D eigenvalue weighted by atomic mass is 16.5. The number of nitrogens with zero attached hydrogens (tertiary/aromatic N) is 13. The molecule has 0 spiro atoms. The third kappa shape index (κ3) is 52.6. The van der Waals surface area contributed by atoms with Crippen LogP contribution >= 0.6 is 0 Å². The largest absolute Gasteiger partial charge is 0.493 e. The van der Waals surface area contributed by atoms with Gasteiger partial charge in [-0.2, -0.15) is 29.9 Å². The number of anilines is 6. The van der Waals surface area contributed by atoms with E-state index in [9.17, 15) is 0 Å². The molecule has 35 nitrogen and oxygen atoms in total. The van der Waals surface area contributed by atoms with Gasteiger partial charge < -0.3 is 150 Å². The number of hydrogen-bond donors (Lipinski definition) is 19. The molecule has 736 valence electrons. The van der Waals surface area contributed by atoms with Crippen LogP contribution in [0.15, 0.2) is 18.2 Å². The zero-order valence-electron chi connectivity index (χ0n) is 84.2. The number of aromatic nitrogens is 6. The Morgan fingerprint density at radius 3 is 0.770 bits per heavy atom. The van der Waals surface area contributed by atoms with Gasteiger partial charge in [0.1, 0.15) is 17.2 Å². The Hall–Kier alpha value is -5.36. The van der Waals surface area contributed by atoms with Gasteiger partial charge in [0.05, 0.1) is 19.8 Å². The molecule has 2 aliphatic carbocycles. The minimum absolute atomic E-state index is 0.600. The van der Waals surface area contributed by atoms with E-state index >= 15 is 0 Å². The summed E-state index contributed by atoms with van der Waals surface area (Å²) in [6.07, 6.45) is 24.5. The van der Waals surface area contributed by atoms with E-state index in [-0.39, 0.29) is 0 Å². The number of rotatable bonds is 56. The maximum absolute atomic E-state index is 5.82. The first-order chi connectivity index (χ1) is 61.4. The molecule has 8 rings (SSSR count). The van der Waals surface area contributed by atoms with Crippen molar-refractivity contribution >= 4 is 35.7 Å². The van der Waals surface area contributed by atoms with Crippen LogP contribution in [0, 0.1) is 5.92 Å². The van der Waals surface area contributed by atoms with Crippen LogP contribution in [-0.4, -0.2) is 409 Å². The minimum atomic E-state index is 0.600. The zero-order chi connectivity index (χ0) is 92.6. The molecule has 0 amide bonds.